The van der Waals surface area contributed by atoms with E-state index < -0.39 is 0 Å². The zero-order valence-electron chi connectivity index (χ0n) is 10.3. The fourth-order valence-corrected chi connectivity index (χ4v) is 1.52. The Hall–Kier alpha value is -1.83. The molecule has 2 rings (SSSR count). The fraction of sp³-hybridized carbons (Fsp3) is 0.267. The Balaban J connectivity index is 2.08. The Morgan fingerprint density at radius 1 is 1.06 bits per heavy atom. The van der Waals surface area contributed by atoms with Crippen LogP contribution in [0.5, 0.6) is 5.75 Å². The third kappa shape index (κ3) is 3.31. The van der Waals surface area contributed by atoms with Crippen LogP contribution in [-0.2, 0) is 0 Å². The molecule has 1 aromatic heterocycles. The number of rotatable bonds is 4. The lowest BCUT2D eigenvalue weighted by molar-refractivity contribution is 0.271. The number of ether oxygens (including phenoxy) is 1. The van der Waals surface area contributed by atoms with E-state index in [-0.39, 0.29) is 0 Å². The summed E-state index contributed by atoms with van der Waals surface area (Å²) in [5.74, 6) is 1.46. The lowest BCUT2D eigenvalue weighted by Gasteiger charge is -2.09. The molecule has 2 aromatic rings. The first-order valence-corrected chi connectivity index (χ1v) is 5.90. The number of aromatic nitrogens is 1. The Morgan fingerprint density at radius 2 is 1.82 bits per heavy atom. The third-order valence-electron chi connectivity index (χ3n) is 2.40. The molecular formula is C15H17NO. The van der Waals surface area contributed by atoms with Gasteiger partial charge in [-0.3, -0.25) is 4.98 Å². The predicted octanol–water partition coefficient (Wildman–Crippen LogP) is 3.78. The first-order chi connectivity index (χ1) is 8.25. The molecule has 0 unspecified atom stereocenters. The highest BCUT2D eigenvalue weighted by molar-refractivity contribution is 5.59. The average Bonchev–Trinajstić information content (AvgIpc) is 2.38. The van der Waals surface area contributed by atoms with Gasteiger partial charge in [0.2, 0.25) is 0 Å². The SMILES string of the molecule is CC(C)COc1ccc(-c2ccccn2)cc1. The van der Waals surface area contributed by atoms with Crippen molar-refractivity contribution in [2.75, 3.05) is 6.61 Å². The van der Waals surface area contributed by atoms with Gasteiger partial charge in [0, 0.05) is 11.8 Å². The van der Waals surface area contributed by atoms with E-state index >= 15 is 0 Å². The van der Waals surface area contributed by atoms with Gasteiger partial charge >= 0.3 is 0 Å². The minimum Gasteiger partial charge on any atom is -0.493 e. The molecule has 0 bridgehead atoms. The van der Waals surface area contributed by atoms with E-state index in [4.69, 9.17) is 4.74 Å². The zero-order valence-corrected chi connectivity index (χ0v) is 10.3. The van der Waals surface area contributed by atoms with Gasteiger partial charge in [0.25, 0.3) is 0 Å². The van der Waals surface area contributed by atoms with Gasteiger partial charge in [0.05, 0.1) is 12.3 Å². The van der Waals surface area contributed by atoms with E-state index in [2.05, 4.69) is 18.8 Å². The van der Waals surface area contributed by atoms with Gasteiger partial charge in [-0.15, -0.1) is 0 Å². The Bertz CT molecular complexity index is 448. The summed E-state index contributed by atoms with van der Waals surface area (Å²) in [7, 11) is 0. The molecule has 88 valence electrons. The number of hydrogen-bond donors (Lipinski definition) is 0. The summed E-state index contributed by atoms with van der Waals surface area (Å²) >= 11 is 0. The van der Waals surface area contributed by atoms with Gasteiger partial charge in [-0.05, 0) is 42.3 Å². The molecule has 0 fully saturated rings. The molecule has 0 aliphatic rings. The largest absolute Gasteiger partial charge is 0.493 e. The van der Waals surface area contributed by atoms with Crippen LogP contribution in [0.25, 0.3) is 11.3 Å². The van der Waals surface area contributed by atoms with E-state index in [1.54, 1.807) is 6.20 Å². The highest BCUT2D eigenvalue weighted by Gasteiger charge is 2.00. The lowest BCUT2D eigenvalue weighted by atomic mass is 10.1. The maximum absolute atomic E-state index is 5.64. The smallest absolute Gasteiger partial charge is 0.119 e. The van der Waals surface area contributed by atoms with Crippen molar-refractivity contribution >= 4 is 0 Å². The quantitative estimate of drug-likeness (QED) is 0.793. The maximum Gasteiger partial charge on any atom is 0.119 e. The summed E-state index contributed by atoms with van der Waals surface area (Å²) in [5.41, 5.74) is 2.10. The normalized spacial score (nSPS) is 10.5. The summed E-state index contributed by atoms with van der Waals surface area (Å²) < 4.78 is 5.64. The number of benzene rings is 1. The highest BCUT2D eigenvalue weighted by atomic mass is 16.5. The molecule has 2 heteroatoms. The first-order valence-electron chi connectivity index (χ1n) is 5.90. The molecule has 1 heterocycles. The summed E-state index contributed by atoms with van der Waals surface area (Å²) in [6, 6.07) is 14.0. The van der Waals surface area contributed by atoms with Gasteiger partial charge in [-0.2, -0.15) is 0 Å². The van der Waals surface area contributed by atoms with Crippen molar-refractivity contribution in [1.29, 1.82) is 0 Å². The Kier molecular flexibility index (Phi) is 3.76. The standard InChI is InChI=1S/C15H17NO/c1-12(2)11-17-14-8-6-13(7-9-14)15-5-3-4-10-16-15/h3-10,12H,11H2,1-2H3. The summed E-state index contributed by atoms with van der Waals surface area (Å²) in [4.78, 5) is 4.31. The van der Waals surface area contributed by atoms with Crippen molar-refractivity contribution in [3.8, 4) is 17.0 Å². The maximum atomic E-state index is 5.64. The van der Waals surface area contributed by atoms with Crippen molar-refractivity contribution in [3.05, 3.63) is 48.7 Å². The highest BCUT2D eigenvalue weighted by Crippen LogP contribution is 2.20. The fourth-order valence-electron chi connectivity index (χ4n) is 1.52. The van der Waals surface area contributed by atoms with E-state index in [0.717, 1.165) is 23.6 Å². The monoisotopic (exact) mass is 227 g/mol. The van der Waals surface area contributed by atoms with Crippen LogP contribution in [-0.4, -0.2) is 11.6 Å². The molecule has 0 aliphatic heterocycles. The molecule has 0 aliphatic carbocycles. The van der Waals surface area contributed by atoms with Crippen LogP contribution in [0.2, 0.25) is 0 Å². The zero-order chi connectivity index (χ0) is 12.1. The Labute approximate surface area is 102 Å². The summed E-state index contributed by atoms with van der Waals surface area (Å²) in [5, 5.41) is 0. The van der Waals surface area contributed by atoms with Crippen molar-refractivity contribution in [2.24, 2.45) is 5.92 Å². The average molecular weight is 227 g/mol. The first kappa shape index (κ1) is 11.6. The summed E-state index contributed by atoms with van der Waals surface area (Å²) in [6.45, 7) is 5.04. The van der Waals surface area contributed by atoms with E-state index in [0.29, 0.717) is 5.92 Å². The van der Waals surface area contributed by atoms with Crippen molar-refractivity contribution in [2.45, 2.75) is 13.8 Å². The van der Waals surface area contributed by atoms with Crippen LogP contribution in [0.4, 0.5) is 0 Å². The van der Waals surface area contributed by atoms with Crippen LogP contribution in [0.3, 0.4) is 0 Å². The molecule has 0 spiro atoms. The second kappa shape index (κ2) is 5.48. The Morgan fingerprint density at radius 3 is 2.41 bits per heavy atom. The third-order valence-corrected chi connectivity index (χ3v) is 2.40. The second-order valence-corrected chi connectivity index (χ2v) is 4.44. The number of hydrogen-bond acceptors (Lipinski definition) is 2. The summed E-state index contributed by atoms with van der Waals surface area (Å²) in [6.07, 6.45) is 1.80. The van der Waals surface area contributed by atoms with Gasteiger partial charge < -0.3 is 4.74 Å². The van der Waals surface area contributed by atoms with Gasteiger partial charge in [-0.1, -0.05) is 19.9 Å². The minimum atomic E-state index is 0.547. The lowest BCUT2D eigenvalue weighted by Crippen LogP contribution is -2.04. The van der Waals surface area contributed by atoms with E-state index in [1.807, 2.05) is 42.5 Å². The molecular weight excluding hydrogens is 210 g/mol. The van der Waals surface area contributed by atoms with Crippen LogP contribution in [0.1, 0.15) is 13.8 Å². The number of nitrogens with zero attached hydrogens (tertiary/aromatic N) is 1. The van der Waals surface area contributed by atoms with Crippen LogP contribution in [0, 0.1) is 5.92 Å². The van der Waals surface area contributed by atoms with Gasteiger partial charge in [-0.25, -0.2) is 0 Å². The van der Waals surface area contributed by atoms with Crippen LogP contribution < -0.4 is 4.74 Å². The molecule has 17 heavy (non-hydrogen) atoms. The van der Waals surface area contributed by atoms with E-state index in [1.165, 1.54) is 0 Å². The van der Waals surface area contributed by atoms with Crippen molar-refractivity contribution < 1.29 is 4.74 Å². The molecule has 0 saturated carbocycles. The van der Waals surface area contributed by atoms with Crippen molar-refractivity contribution in [1.82, 2.24) is 4.98 Å². The van der Waals surface area contributed by atoms with Gasteiger partial charge in [0.1, 0.15) is 5.75 Å². The molecule has 0 radical (unpaired) electrons. The van der Waals surface area contributed by atoms with Gasteiger partial charge in [0.15, 0.2) is 0 Å². The van der Waals surface area contributed by atoms with Crippen LogP contribution in [0.15, 0.2) is 48.7 Å². The molecule has 0 saturated heterocycles. The molecule has 0 amide bonds. The van der Waals surface area contributed by atoms with Crippen molar-refractivity contribution in [3.63, 3.8) is 0 Å². The molecule has 1 aromatic carbocycles. The molecule has 2 nitrogen and oxygen atoms in total. The predicted molar refractivity (Wildman–Crippen MR) is 70.0 cm³/mol. The number of pyridine rings is 1. The second-order valence-electron chi connectivity index (χ2n) is 4.44. The molecule has 0 N–H and O–H groups in total. The van der Waals surface area contributed by atoms with Crippen LogP contribution >= 0.6 is 0 Å². The van der Waals surface area contributed by atoms with E-state index in [9.17, 15) is 0 Å². The topological polar surface area (TPSA) is 22.1 Å². The molecule has 0 atom stereocenters. The minimum absolute atomic E-state index is 0.547.